The predicted octanol–water partition coefficient (Wildman–Crippen LogP) is 3.18. The number of methoxy groups -OCH3 is 1. The van der Waals surface area contributed by atoms with E-state index in [1.807, 2.05) is 36.4 Å². The van der Waals surface area contributed by atoms with Crippen molar-refractivity contribution in [3.63, 3.8) is 0 Å². The number of rotatable bonds is 6. The molecule has 3 aromatic rings. The third-order valence-corrected chi connectivity index (χ3v) is 6.02. The molecule has 0 spiro atoms. The van der Waals surface area contributed by atoms with Crippen LogP contribution in [0.15, 0.2) is 81.1 Å². The van der Waals surface area contributed by atoms with Crippen LogP contribution in [0.1, 0.15) is 11.1 Å². The van der Waals surface area contributed by atoms with Gasteiger partial charge in [0.15, 0.2) is 11.5 Å². The first kappa shape index (κ1) is 19.7. The van der Waals surface area contributed by atoms with E-state index in [9.17, 15) is 13.5 Å². The quantitative estimate of drug-likeness (QED) is 0.470. The molecule has 1 aliphatic heterocycles. The minimum atomic E-state index is -3.74. The Kier molecular flexibility index (Phi) is 5.24. The summed E-state index contributed by atoms with van der Waals surface area (Å²) in [5.74, 6) is 0.382. The minimum Gasteiger partial charge on any atom is -0.504 e. The third-order valence-electron chi connectivity index (χ3n) is 4.66. The molecule has 0 fully saturated rings. The maximum Gasteiger partial charge on any atom is 0.283 e. The zero-order valence-corrected chi connectivity index (χ0v) is 16.9. The molecule has 0 radical (unpaired) electrons. The van der Waals surface area contributed by atoms with Crippen LogP contribution in [0.4, 0.5) is 0 Å². The Morgan fingerprint density at radius 2 is 1.87 bits per heavy atom. The van der Waals surface area contributed by atoms with Crippen LogP contribution in [0.5, 0.6) is 11.5 Å². The molecular formula is C22H19N3O4S. The first-order chi connectivity index (χ1) is 14.5. The van der Waals surface area contributed by atoms with E-state index < -0.39 is 10.0 Å². The average Bonchev–Trinajstić information content (AvgIpc) is 3.02. The normalized spacial score (nSPS) is 14.4. The van der Waals surface area contributed by atoms with Gasteiger partial charge >= 0.3 is 0 Å². The van der Waals surface area contributed by atoms with Crippen molar-refractivity contribution in [2.45, 2.75) is 4.90 Å². The Morgan fingerprint density at radius 1 is 1.07 bits per heavy atom. The Morgan fingerprint density at radius 3 is 2.63 bits per heavy atom. The number of nitrogens with one attached hydrogen (secondary N) is 1. The molecule has 7 nitrogen and oxygen atoms in total. The number of nitrogens with zero attached hydrogens (tertiary/aromatic N) is 2. The summed E-state index contributed by atoms with van der Waals surface area (Å²) in [5, 5.41) is 13.7. The summed E-state index contributed by atoms with van der Waals surface area (Å²) < 4.78 is 34.0. The van der Waals surface area contributed by atoms with Gasteiger partial charge in [0.05, 0.1) is 30.5 Å². The first-order valence-electron chi connectivity index (χ1n) is 9.14. The van der Waals surface area contributed by atoms with Crippen LogP contribution in [0.25, 0.3) is 11.1 Å². The summed E-state index contributed by atoms with van der Waals surface area (Å²) in [6.45, 7) is 0.155. The Balaban J connectivity index is 1.50. The second kappa shape index (κ2) is 8.00. The maximum absolute atomic E-state index is 12.5. The van der Waals surface area contributed by atoms with Gasteiger partial charge < -0.3 is 15.3 Å². The van der Waals surface area contributed by atoms with Gasteiger partial charge in [-0.1, -0.05) is 42.5 Å². The van der Waals surface area contributed by atoms with E-state index in [2.05, 4.69) is 14.9 Å². The van der Waals surface area contributed by atoms with E-state index in [1.54, 1.807) is 30.5 Å². The van der Waals surface area contributed by atoms with Gasteiger partial charge in [-0.15, -0.1) is 0 Å². The summed E-state index contributed by atoms with van der Waals surface area (Å²) in [6, 6.07) is 19.7. The molecule has 0 saturated heterocycles. The molecule has 3 aromatic carbocycles. The Hall–Kier alpha value is -3.65. The van der Waals surface area contributed by atoms with Crippen LogP contribution >= 0.6 is 0 Å². The molecular weight excluding hydrogens is 402 g/mol. The van der Waals surface area contributed by atoms with Gasteiger partial charge in [-0.05, 0) is 41.0 Å². The Bertz CT molecular complexity index is 1250. The van der Waals surface area contributed by atoms with E-state index in [-0.39, 0.29) is 17.2 Å². The number of aromatic hydroxyl groups is 1. The minimum absolute atomic E-state index is 0.0413. The van der Waals surface area contributed by atoms with Gasteiger partial charge in [-0.2, -0.15) is 17.9 Å². The topological polar surface area (TPSA) is 100 Å². The highest BCUT2D eigenvalue weighted by atomic mass is 32.2. The number of phenols is 1. The second-order valence-corrected chi connectivity index (χ2v) is 8.19. The van der Waals surface area contributed by atoms with Gasteiger partial charge in [-0.25, -0.2) is 0 Å². The largest absolute Gasteiger partial charge is 0.504 e. The summed E-state index contributed by atoms with van der Waals surface area (Å²) in [5.41, 5.74) is 6.28. The van der Waals surface area contributed by atoms with Crippen LogP contribution in [0, 0.1) is 0 Å². The predicted molar refractivity (Wildman–Crippen MR) is 116 cm³/mol. The fourth-order valence-electron chi connectivity index (χ4n) is 3.17. The van der Waals surface area contributed by atoms with Crippen molar-refractivity contribution in [2.24, 2.45) is 9.50 Å². The molecule has 0 amide bonds. The van der Waals surface area contributed by atoms with E-state index in [0.717, 1.165) is 11.1 Å². The number of hydrogen-bond acceptors (Lipinski definition) is 6. The van der Waals surface area contributed by atoms with Crippen LogP contribution in [0.3, 0.4) is 0 Å². The van der Waals surface area contributed by atoms with Gasteiger partial charge in [0.25, 0.3) is 10.0 Å². The van der Waals surface area contributed by atoms with E-state index in [4.69, 9.17) is 4.74 Å². The number of phenolic OH excluding ortho intramolecular Hbond substituents is 1. The van der Waals surface area contributed by atoms with Crippen molar-refractivity contribution < 1.29 is 18.3 Å². The summed E-state index contributed by atoms with van der Waals surface area (Å²) in [6.07, 6.45) is 1.55. The molecule has 1 aliphatic rings. The summed E-state index contributed by atoms with van der Waals surface area (Å²) >= 11 is 0. The number of sulfonamides is 1. The van der Waals surface area contributed by atoms with E-state index in [0.29, 0.717) is 22.6 Å². The standard InChI is InChI=1S/C22H19N3O4S/c1-29-21-11-15(7-10-20(21)26)13-23-24-14-19-18-9-8-17(16-5-3-2-4-6-16)12-22(18)30(27,28)25-19/h2-13,24,26H,14H2,1H3. The highest BCUT2D eigenvalue weighted by Gasteiger charge is 2.28. The molecule has 8 heteroatoms. The monoisotopic (exact) mass is 421 g/mol. The molecule has 152 valence electrons. The van der Waals surface area contributed by atoms with Crippen molar-refractivity contribution in [2.75, 3.05) is 13.7 Å². The molecule has 0 aromatic heterocycles. The Labute approximate surface area is 174 Å². The fourth-order valence-corrected chi connectivity index (χ4v) is 4.46. The second-order valence-electron chi connectivity index (χ2n) is 6.61. The third kappa shape index (κ3) is 3.90. The molecule has 0 aliphatic carbocycles. The van der Waals surface area contributed by atoms with Crippen molar-refractivity contribution in [3.05, 3.63) is 77.9 Å². The number of fused-ring (bicyclic) bond motifs is 1. The van der Waals surface area contributed by atoms with Gasteiger partial charge in [0.1, 0.15) is 0 Å². The molecule has 0 bridgehead atoms. The molecule has 0 saturated carbocycles. The fraction of sp³-hybridized carbons (Fsp3) is 0.0909. The molecule has 30 heavy (non-hydrogen) atoms. The molecule has 1 heterocycles. The summed E-state index contributed by atoms with van der Waals surface area (Å²) in [7, 11) is -2.27. The first-order valence-corrected chi connectivity index (χ1v) is 10.6. The highest BCUT2D eigenvalue weighted by Crippen LogP contribution is 2.31. The lowest BCUT2D eigenvalue weighted by Gasteiger charge is -2.06. The number of ether oxygens (including phenoxy) is 1. The smallest absolute Gasteiger partial charge is 0.283 e. The lowest BCUT2D eigenvalue weighted by molar-refractivity contribution is 0.373. The lowest BCUT2D eigenvalue weighted by atomic mass is 10.0. The lowest BCUT2D eigenvalue weighted by Crippen LogP contribution is -2.18. The molecule has 0 unspecified atom stereocenters. The van der Waals surface area contributed by atoms with Crippen LogP contribution in [0.2, 0.25) is 0 Å². The van der Waals surface area contributed by atoms with Gasteiger partial charge in [0.2, 0.25) is 0 Å². The zero-order valence-electron chi connectivity index (χ0n) is 16.1. The van der Waals surface area contributed by atoms with E-state index in [1.165, 1.54) is 13.2 Å². The van der Waals surface area contributed by atoms with Crippen LogP contribution in [-0.4, -0.2) is 39.1 Å². The van der Waals surface area contributed by atoms with Crippen LogP contribution < -0.4 is 10.2 Å². The van der Waals surface area contributed by atoms with Crippen molar-refractivity contribution in [1.29, 1.82) is 0 Å². The number of benzene rings is 3. The van der Waals surface area contributed by atoms with E-state index >= 15 is 0 Å². The van der Waals surface area contributed by atoms with Gasteiger partial charge in [-0.3, -0.25) is 0 Å². The van der Waals surface area contributed by atoms with Gasteiger partial charge in [0, 0.05) is 5.56 Å². The number of hydrogen-bond donors (Lipinski definition) is 2. The maximum atomic E-state index is 12.5. The van der Waals surface area contributed by atoms with Crippen molar-refractivity contribution in [1.82, 2.24) is 5.43 Å². The number of hydrazone groups is 1. The van der Waals surface area contributed by atoms with Crippen molar-refractivity contribution in [3.8, 4) is 22.6 Å². The van der Waals surface area contributed by atoms with Crippen LogP contribution in [-0.2, 0) is 10.0 Å². The summed E-state index contributed by atoms with van der Waals surface area (Å²) in [4.78, 5) is 0.202. The molecule has 0 atom stereocenters. The SMILES string of the molecule is COc1cc(C=NNCC2=NS(=O)(=O)c3cc(-c4ccccc4)ccc32)ccc1O. The van der Waals surface area contributed by atoms with Crippen molar-refractivity contribution >= 4 is 21.9 Å². The average molecular weight is 421 g/mol. The zero-order chi connectivity index (χ0) is 21.1. The molecule has 2 N–H and O–H groups in total. The molecule has 4 rings (SSSR count). The highest BCUT2D eigenvalue weighted by molar-refractivity contribution is 7.90.